The minimum atomic E-state index is -6.04. The van der Waals surface area contributed by atoms with Gasteiger partial charge in [-0.1, -0.05) is 20.8 Å². The molecule has 1 rings (SSSR count). The molecule has 0 aliphatic heterocycles. The molecule has 0 radical (unpaired) electrons. The van der Waals surface area contributed by atoms with Gasteiger partial charge in [0.25, 0.3) is 5.60 Å². The molecule has 1 aromatic rings. The van der Waals surface area contributed by atoms with E-state index in [0.29, 0.717) is 6.07 Å². The number of halogens is 7. The fourth-order valence-corrected chi connectivity index (χ4v) is 3.29. The van der Waals surface area contributed by atoms with Crippen molar-refractivity contribution >= 4 is 22.0 Å². The molecule has 0 heterocycles. The lowest BCUT2D eigenvalue weighted by Gasteiger charge is -2.33. The normalized spacial score (nSPS) is 15.6. The average molecular weight is 394 g/mol. The maximum absolute atomic E-state index is 13.7. The summed E-state index contributed by atoms with van der Waals surface area (Å²) >= 11 is 0.969. The van der Waals surface area contributed by atoms with Crippen molar-refractivity contribution in [2.24, 2.45) is 0 Å². The summed E-state index contributed by atoms with van der Waals surface area (Å²) in [5, 5.41) is 9.39. The van der Waals surface area contributed by atoms with Crippen LogP contribution in [0.25, 0.3) is 0 Å². The first-order chi connectivity index (χ1) is 10.5. The second kappa shape index (κ2) is 6.53. The van der Waals surface area contributed by atoms with E-state index in [1.54, 1.807) is 13.8 Å². The Morgan fingerprint density at radius 3 is 1.83 bits per heavy atom. The Morgan fingerprint density at radius 2 is 1.46 bits per heavy atom. The third-order valence-electron chi connectivity index (χ3n) is 3.88. The number of benzene rings is 1. The van der Waals surface area contributed by atoms with E-state index >= 15 is 0 Å². The summed E-state index contributed by atoms with van der Waals surface area (Å²) in [5.74, 6) is -1.28. The predicted molar refractivity (Wildman–Crippen MR) is 81.7 cm³/mol. The minimum absolute atomic E-state index is 0.0577. The van der Waals surface area contributed by atoms with Crippen LogP contribution in [0.5, 0.6) is 0 Å². The monoisotopic (exact) mass is 394 g/mol. The third kappa shape index (κ3) is 4.08. The van der Waals surface area contributed by atoms with Crippen LogP contribution in [0.2, 0.25) is 5.54 Å². The molecule has 1 unspecified atom stereocenters. The van der Waals surface area contributed by atoms with E-state index in [9.17, 15) is 35.8 Å². The molecule has 10 heteroatoms. The molecule has 0 saturated heterocycles. The Morgan fingerprint density at radius 1 is 1.00 bits per heavy atom. The van der Waals surface area contributed by atoms with E-state index in [4.69, 9.17) is 0 Å². The van der Waals surface area contributed by atoms with Gasteiger partial charge in [-0.15, -0.1) is 11.8 Å². The zero-order chi connectivity index (χ0) is 19.1. The summed E-state index contributed by atoms with van der Waals surface area (Å²) in [6, 6.07) is 1.45. The van der Waals surface area contributed by atoms with Crippen LogP contribution in [0.1, 0.15) is 26.3 Å². The molecule has 0 aliphatic rings. The zero-order valence-corrected chi connectivity index (χ0v) is 16.1. The van der Waals surface area contributed by atoms with Gasteiger partial charge in [0.15, 0.2) is 0 Å². The summed E-state index contributed by atoms with van der Waals surface area (Å²) in [6.45, 7) is 5.40. The van der Waals surface area contributed by atoms with Crippen molar-refractivity contribution in [3.05, 3.63) is 29.6 Å². The average Bonchev–Trinajstić information content (AvgIpc) is 2.33. The van der Waals surface area contributed by atoms with Crippen LogP contribution in [0.15, 0.2) is 23.1 Å². The van der Waals surface area contributed by atoms with Crippen LogP contribution >= 0.6 is 11.8 Å². The molecule has 1 nitrogen and oxygen atoms in total. The van der Waals surface area contributed by atoms with Gasteiger partial charge in [0.05, 0.1) is 0 Å². The molecule has 1 aromatic carbocycles. The van der Waals surface area contributed by atoms with Crippen LogP contribution < -0.4 is 0 Å². The number of aliphatic hydroxyl groups is 1. The number of hydrogen-bond donors (Lipinski definition) is 1. The summed E-state index contributed by atoms with van der Waals surface area (Å²) in [6.07, 6.45) is -12.1. The molecule has 1 atom stereocenters. The Labute approximate surface area is 142 Å². The Balaban J connectivity index is 3.50. The standard InChI is InChI=1S/C14H17F7OSSi/c1-7(24)11(2,3)23-10-5-8(4-9(15)6-10)12(22,13(16,17)18)14(19,20)21/h4-7,22H,1-3,24H3. The highest BCUT2D eigenvalue weighted by Crippen LogP contribution is 2.51. The van der Waals surface area contributed by atoms with Gasteiger partial charge in [0.2, 0.25) is 0 Å². The predicted octanol–water partition coefficient (Wildman–Crippen LogP) is 4.18. The van der Waals surface area contributed by atoms with E-state index in [0.717, 1.165) is 28.1 Å². The highest BCUT2D eigenvalue weighted by molar-refractivity contribution is 8.00. The van der Waals surface area contributed by atoms with Crippen molar-refractivity contribution in [3.8, 4) is 0 Å². The first kappa shape index (κ1) is 21.3. The Kier molecular flexibility index (Phi) is 5.79. The second-order valence-electron chi connectivity index (χ2n) is 6.24. The van der Waals surface area contributed by atoms with E-state index in [1.165, 1.54) is 0 Å². The number of alkyl halides is 6. The van der Waals surface area contributed by atoms with E-state index < -0.39 is 34.1 Å². The smallest absolute Gasteiger partial charge is 0.369 e. The summed E-state index contributed by atoms with van der Waals surface area (Å²) < 4.78 is 90.7. The summed E-state index contributed by atoms with van der Waals surface area (Å²) in [5.41, 5.74) is -6.56. The number of thioether (sulfide) groups is 1. The quantitative estimate of drug-likeness (QED) is 0.470. The van der Waals surface area contributed by atoms with Crippen molar-refractivity contribution in [2.45, 2.75) is 53.9 Å². The summed E-state index contributed by atoms with van der Waals surface area (Å²) in [4.78, 5) is -0.107. The van der Waals surface area contributed by atoms with Crippen molar-refractivity contribution in [1.82, 2.24) is 0 Å². The number of hydrogen-bond acceptors (Lipinski definition) is 2. The molecule has 0 aliphatic carbocycles. The van der Waals surface area contributed by atoms with Gasteiger partial charge < -0.3 is 5.11 Å². The van der Waals surface area contributed by atoms with Crippen LogP contribution in [-0.2, 0) is 5.60 Å². The molecule has 0 amide bonds. The lowest BCUT2D eigenvalue weighted by Crippen LogP contribution is -2.54. The molecule has 0 saturated carbocycles. The molecule has 0 bridgehead atoms. The second-order valence-corrected chi connectivity index (χ2v) is 9.70. The minimum Gasteiger partial charge on any atom is -0.369 e. The first-order valence-corrected chi connectivity index (χ1v) is 8.85. The maximum Gasteiger partial charge on any atom is 0.430 e. The number of rotatable bonds is 4. The largest absolute Gasteiger partial charge is 0.430 e. The van der Waals surface area contributed by atoms with E-state index in [1.807, 2.05) is 6.92 Å². The topological polar surface area (TPSA) is 20.2 Å². The van der Waals surface area contributed by atoms with Gasteiger partial charge in [-0.3, -0.25) is 0 Å². The Hall–Kier alpha value is -0.743. The van der Waals surface area contributed by atoms with Crippen LogP contribution in [-0.4, -0.2) is 32.4 Å². The molecule has 0 aromatic heterocycles. The van der Waals surface area contributed by atoms with Crippen molar-refractivity contribution < 1.29 is 35.8 Å². The van der Waals surface area contributed by atoms with Gasteiger partial charge in [-0.05, 0) is 23.7 Å². The fourth-order valence-electron chi connectivity index (χ4n) is 1.74. The molecular formula is C14H17F7OSSi. The SMILES string of the molecule is CC([SiH3])C(C)(C)Sc1cc(F)cc(C(O)(C(F)(F)F)C(F)(F)F)c1. The van der Waals surface area contributed by atoms with Gasteiger partial charge in [-0.25, -0.2) is 4.39 Å². The van der Waals surface area contributed by atoms with E-state index in [2.05, 4.69) is 0 Å². The highest BCUT2D eigenvalue weighted by Gasteiger charge is 2.71. The molecule has 1 N–H and O–H groups in total. The fraction of sp³-hybridized carbons (Fsp3) is 0.571. The van der Waals surface area contributed by atoms with Gasteiger partial charge in [0.1, 0.15) is 5.82 Å². The van der Waals surface area contributed by atoms with E-state index in [-0.39, 0.29) is 16.5 Å². The lowest BCUT2D eigenvalue weighted by molar-refractivity contribution is -0.376. The van der Waals surface area contributed by atoms with Crippen LogP contribution in [0, 0.1) is 5.82 Å². The Bertz CT molecular complexity index is 582. The maximum atomic E-state index is 13.7. The van der Waals surface area contributed by atoms with Crippen LogP contribution in [0.4, 0.5) is 30.7 Å². The zero-order valence-electron chi connectivity index (χ0n) is 13.3. The third-order valence-corrected chi connectivity index (χ3v) is 7.21. The molecule has 0 spiro atoms. The molecule has 24 heavy (non-hydrogen) atoms. The van der Waals surface area contributed by atoms with Crippen LogP contribution in [0.3, 0.4) is 0 Å². The summed E-state index contributed by atoms with van der Waals surface area (Å²) in [7, 11) is 0.737. The van der Waals surface area contributed by atoms with Gasteiger partial charge >= 0.3 is 12.4 Å². The van der Waals surface area contributed by atoms with Crippen molar-refractivity contribution in [1.29, 1.82) is 0 Å². The molecule has 138 valence electrons. The lowest BCUT2D eigenvalue weighted by atomic mass is 9.92. The first-order valence-electron chi connectivity index (χ1n) is 6.88. The molecular weight excluding hydrogens is 377 g/mol. The van der Waals surface area contributed by atoms with Crippen molar-refractivity contribution in [2.75, 3.05) is 0 Å². The van der Waals surface area contributed by atoms with Crippen molar-refractivity contribution in [3.63, 3.8) is 0 Å². The molecule has 0 fully saturated rings. The highest BCUT2D eigenvalue weighted by atomic mass is 32.2. The van der Waals surface area contributed by atoms with Gasteiger partial charge in [0, 0.05) is 25.4 Å². The van der Waals surface area contributed by atoms with Gasteiger partial charge in [-0.2, -0.15) is 26.3 Å².